The van der Waals surface area contributed by atoms with Gasteiger partial charge >= 0.3 is 0 Å². The van der Waals surface area contributed by atoms with Crippen molar-refractivity contribution in [3.8, 4) is 0 Å². The molecule has 0 bridgehead atoms. The number of hydrogen-bond acceptors (Lipinski definition) is 2. The highest BCUT2D eigenvalue weighted by Crippen LogP contribution is 2.34. The summed E-state index contributed by atoms with van der Waals surface area (Å²) in [6, 6.07) is 0. The summed E-state index contributed by atoms with van der Waals surface area (Å²) in [5.41, 5.74) is 7.85. The lowest BCUT2D eigenvalue weighted by molar-refractivity contribution is -0.127. The topological polar surface area (TPSA) is 65.8 Å². The Balaban J connectivity index is 2.78. The molecule has 1 rings (SSSR count). The Labute approximate surface area is 84.3 Å². The third kappa shape index (κ3) is 2.26. The first kappa shape index (κ1) is 11.1. The van der Waals surface area contributed by atoms with E-state index in [0.717, 1.165) is 12.8 Å². The molecule has 0 spiro atoms. The van der Waals surface area contributed by atoms with Gasteiger partial charge < -0.3 is 0 Å². The maximum atomic E-state index is 11.7. The van der Waals surface area contributed by atoms with Crippen LogP contribution >= 0.6 is 0 Å². The first-order chi connectivity index (χ1) is 6.47. The lowest BCUT2D eigenvalue weighted by atomic mass is 9.73. The van der Waals surface area contributed by atoms with Gasteiger partial charge in [-0.2, -0.15) is 0 Å². The van der Waals surface area contributed by atoms with Crippen LogP contribution in [0.2, 0.25) is 0 Å². The van der Waals surface area contributed by atoms with E-state index in [0.29, 0.717) is 12.3 Å². The van der Waals surface area contributed by atoms with Crippen LogP contribution in [0.4, 0.5) is 0 Å². The molecule has 0 radical (unpaired) electrons. The number of nitrogens with zero attached hydrogens (tertiary/aromatic N) is 3. The Morgan fingerprint density at radius 3 is 2.64 bits per heavy atom. The van der Waals surface area contributed by atoms with Gasteiger partial charge in [-0.05, 0) is 24.3 Å². The van der Waals surface area contributed by atoms with E-state index in [-0.39, 0.29) is 11.7 Å². The summed E-state index contributed by atoms with van der Waals surface area (Å²) >= 11 is 0. The molecule has 2 atom stereocenters. The molecule has 0 aromatic heterocycles. The fourth-order valence-electron chi connectivity index (χ4n) is 2.13. The van der Waals surface area contributed by atoms with Gasteiger partial charge in [0.1, 0.15) is 5.78 Å². The van der Waals surface area contributed by atoms with Crippen LogP contribution in [0.1, 0.15) is 40.0 Å². The molecule has 0 heterocycles. The molecule has 0 N–H and O–H groups in total. The number of rotatable bonds is 2. The predicted molar refractivity (Wildman–Crippen MR) is 54.7 cm³/mol. The van der Waals surface area contributed by atoms with Crippen LogP contribution in [0.15, 0.2) is 5.11 Å². The normalized spacial score (nSPS) is 28.4. The first-order valence-corrected chi connectivity index (χ1v) is 5.06. The van der Waals surface area contributed by atoms with Crippen molar-refractivity contribution in [3.05, 3.63) is 10.4 Å². The van der Waals surface area contributed by atoms with Gasteiger partial charge in [-0.15, -0.1) is 0 Å². The van der Waals surface area contributed by atoms with E-state index in [1.54, 1.807) is 0 Å². The minimum Gasteiger partial charge on any atom is -0.299 e. The number of Topliss-reactive ketones (excluding diaryl/α,β-unsaturated/α-hetero) is 1. The average Bonchev–Trinajstić information content (AvgIpc) is 2.02. The lowest BCUT2D eigenvalue weighted by Crippen LogP contribution is -2.38. The van der Waals surface area contributed by atoms with E-state index >= 15 is 0 Å². The van der Waals surface area contributed by atoms with Crippen molar-refractivity contribution in [3.63, 3.8) is 0 Å². The lowest BCUT2D eigenvalue weighted by Gasteiger charge is -2.33. The third-order valence-corrected chi connectivity index (χ3v) is 3.04. The highest BCUT2D eigenvalue weighted by molar-refractivity contribution is 5.83. The number of ketones is 1. The number of hydrogen-bond donors (Lipinski definition) is 0. The van der Waals surface area contributed by atoms with Crippen LogP contribution in [0.25, 0.3) is 10.4 Å². The summed E-state index contributed by atoms with van der Waals surface area (Å²) in [4.78, 5) is 14.6. The number of azide groups is 1. The standard InChI is InChI=1S/C10H17N3O/c1-7-4-5-8(9(14)6-7)10(2,3)12-13-11/h7-8H,4-6H2,1-3H3/t7-,8?/m1/s1. The SMILES string of the molecule is C[C@@H]1CCC(C(C)(C)N=[N+]=[N-])C(=O)C1. The van der Waals surface area contributed by atoms with Gasteiger partial charge in [-0.25, -0.2) is 0 Å². The van der Waals surface area contributed by atoms with Gasteiger partial charge in [0, 0.05) is 17.3 Å². The van der Waals surface area contributed by atoms with Crippen molar-refractivity contribution in [2.75, 3.05) is 0 Å². The summed E-state index contributed by atoms with van der Waals surface area (Å²) in [6.07, 6.45) is 2.54. The van der Waals surface area contributed by atoms with Gasteiger partial charge in [0.15, 0.2) is 0 Å². The zero-order valence-corrected chi connectivity index (χ0v) is 9.03. The van der Waals surface area contributed by atoms with Crippen LogP contribution in [0.5, 0.6) is 0 Å². The van der Waals surface area contributed by atoms with Crippen molar-refractivity contribution >= 4 is 5.78 Å². The second-order valence-electron chi connectivity index (χ2n) is 4.75. The monoisotopic (exact) mass is 195 g/mol. The molecule has 14 heavy (non-hydrogen) atoms. The van der Waals surface area contributed by atoms with Gasteiger partial charge in [0.25, 0.3) is 0 Å². The fourth-order valence-corrected chi connectivity index (χ4v) is 2.13. The minimum atomic E-state index is -0.564. The smallest absolute Gasteiger partial charge is 0.136 e. The highest BCUT2D eigenvalue weighted by atomic mass is 16.1. The van der Waals surface area contributed by atoms with Crippen molar-refractivity contribution in [1.82, 2.24) is 0 Å². The predicted octanol–water partition coefficient (Wildman–Crippen LogP) is 3.08. The van der Waals surface area contributed by atoms with E-state index in [4.69, 9.17) is 5.53 Å². The van der Waals surface area contributed by atoms with Crippen LogP contribution in [0, 0.1) is 11.8 Å². The largest absolute Gasteiger partial charge is 0.299 e. The van der Waals surface area contributed by atoms with Crippen LogP contribution in [0.3, 0.4) is 0 Å². The van der Waals surface area contributed by atoms with Crippen LogP contribution in [-0.2, 0) is 4.79 Å². The second-order valence-corrected chi connectivity index (χ2v) is 4.75. The van der Waals surface area contributed by atoms with Crippen LogP contribution < -0.4 is 0 Å². The first-order valence-electron chi connectivity index (χ1n) is 5.06. The molecule has 1 fully saturated rings. The highest BCUT2D eigenvalue weighted by Gasteiger charge is 2.37. The molecule has 78 valence electrons. The average molecular weight is 195 g/mol. The summed E-state index contributed by atoms with van der Waals surface area (Å²) in [5.74, 6) is 0.649. The quantitative estimate of drug-likeness (QED) is 0.379. The number of carbonyl (C=O) groups is 1. The van der Waals surface area contributed by atoms with E-state index in [9.17, 15) is 4.79 Å². The maximum absolute atomic E-state index is 11.7. The van der Waals surface area contributed by atoms with Crippen molar-refractivity contribution < 1.29 is 4.79 Å². The maximum Gasteiger partial charge on any atom is 0.136 e. The van der Waals surface area contributed by atoms with Gasteiger partial charge in [-0.1, -0.05) is 25.9 Å². The molecule has 4 nitrogen and oxygen atoms in total. The molecule has 1 aliphatic rings. The Bertz CT molecular complexity index is 279. The molecule has 1 saturated carbocycles. The van der Waals surface area contributed by atoms with E-state index < -0.39 is 5.54 Å². The zero-order valence-electron chi connectivity index (χ0n) is 9.03. The van der Waals surface area contributed by atoms with E-state index in [1.165, 1.54) is 0 Å². The van der Waals surface area contributed by atoms with Gasteiger partial charge in [0.05, 0.1) is 5.54 Å². The molecule has 1 unspecified atom stereocenters. The third-order valence-electron chi connectivity index (χ3n) is 3.04. The Morgan fingerprint density at radius 1 is 1.50 bits per heavy atom. The van der Waals surface area contributed by atoms with Crippen molar-refractivity contribution in [1.29, 1.82) is 0 Å². The summed E-state index contributed by atoms with van der Waals surface area (Å²) in [7, 11) is 0. The summed E-state index contributed by atoms with van der Waals surface area (Å²) < 4.78 is 0. The molecular weight excluding hydrogens is 178 g/mol. The van der Waals surface area contributed by atoms with E-state index in [1.807, 2.05) is 13.8 Å². The Kier molecular flexibility index (Phi) is 3.17. The van der Waals surface area contributed by atoms with Crippen LogP contribution in [-0.4, -0.2) is 11.3 Å². The molecule has 0 saturated heterocycles. The van der Waals surface area contributed by atoms with Gasteiger partial charge in [-0.3, -0.25) is 4.79 Å². The Hall–Kier alpha value is -1.02. The molecule has 4 heteroatoms. The molecule has 0 amide bonds. The molecule has 0 aromatic carbocycles. The number of carbonyl (C=O) groups excluding carboxylic acids is 1. The van der Waals surface area contributed by atoms with E-state index in [2.05, 4.69) is 16.9 Å². The second kappa shape index (κ2) is 4.01. The molecule has 1 aliphatic carbocycles. The van der Waals surface area contributed by atoms with Crippen molar-refractivity contribution in [2.45, 2.75) is 45.6 Å². The van der Waals surface area contributed by atoms with Crippen molar-refractivity contribution in [2.24, 2.45) is 17.0 Å². The fraction of sp³-hybridized carbons (Fsp3) is 0.900. The Morgan fingerprint density at radius 2 is 2.14 bits per heavy atom. The summed E-state index contributed by atoms with van der Waals surface area (Å²) in [5, 5.41) is 3.72. The van der Waals surface area contributed by atoms with Gasteiger partial charge in [0.2, 0.25) is 0 Å². The summed E-state index contributed by atoms with van der Waals surface area (Å²) in [6.45, 7) is 5.77. The molecule has 0 aromatic rings. The zero-order chi connectivity index (χ0) is 10.8. The minimum absolute atomic E-state index is 0.0883. The molecular formula is C10H17N3O. The molecule has 0 aliphatic heterocycles.